The molecule has 0 saturated carbocycles. The number of phenols is 1. The molecule has 0 unspecified atom stereocenters. The van der Waals surface area contributed by atoms with Crippen LogP contribution in [0.5, 0.6) is 5.75 Å². The number of amides is 2. The number of anilines is 1. The van der Waals surface area contributed by atoms with Gasteiger partial charge in [-0.05, 0) is 24.6 Å². The first-order valence-corrected chi connectivity index (χ1v) is 9.52. The second kappa shape index (κ2) is 7.99. The molecule has 2 heterocycles. The highest BCUT2D eigenvalue weighted by Crippen LogP contribution is 2.34. The fourth-order valence-electron chi connectivity index (χ4n) is 2.84. The topological polar surface area (TPSA) is 133 Å². The third-order valence-electron chi connectivity index (χ3n) is 4.38. The number of carbonyl (C=O) groups is 3. The first-order chi connectivity index (χ1) is 14.1. The van der Waals surface area contributed by atoms with Crippen molar-refractivity contribution in [3.8, 4) is 5.75 Å². The minimum atomic E-state index is -0.704. The Labute approximate surface area is 175 Å². The zero-order valence-corrected chi connectivity index (χ0v) is 17.5. The third-order valence-corrected chi connectivity index (χ3v) is 5.58. The van der Waals surface area contributed by atoms with Crippen LogP contribution in [-0.2, 0) is 4.74 Å². The summed E-state index contributed by atoms with van der Waals surface area (Å²) < 4.78 is 10.1. The lowest BCUT2D eigenvalue weighted by Gasteiger charge is -2.08. The smallest absolute Gasteiger partial charge is 0.341 e. The van der Waals surface area contributed by atoms with Crippen molar-refractivity contribution in [1.29, 1.82) is 5.41 Å². The molecule has 0 atom stereocenters. The largest absolute Gasteiger partial charge is 0.504 e. The van der Waals surface area contributed by atoms with E-state index in [1.807, 2.05) is 0 Å². The molecule has 0 spiro atoms. The van der Waals surface area contributed by atoms with Gasteiger partial charge >= 0.3 is 5.97 Å². The van der Waals surface area contributed by atoms with Gasteiger partial charge in [-0.2, -0.15) is 0 Å². The number of nitrogens with zero attached hydrogens (tertiary/aromatic N) is 1. The Hall–Kier alpha value is -3.66. The van der Waals surface area contributed by atoms with Crippen LogP contribution in [0.4, 0.5) is 5.00 Å². The molecule has 3 aromatic rings. The van der Waals surface area contributed by atoms with E-state index in [4.69, 9.17) is 14.6 Å². The average Bonchev–Trinajstić information content (AvgIpc) is 3.02. The van der Waals surface area contributed by atoms with E-state index in [0.29, 0.717) is 10.9 Å². The normalized spacial score (nSPS) is 10.7. The summed E-state index contributed by atoms with van der Waals surface area (Å²) in [6, 6.07) is 6.01. The van der Waals surface area contributed by atoms with Crippen molar-refractivity contribution in [1.82, 2.24) is 4.90 Å². The SMILES string of the molecule is COC(=O)c1c(NC(=O)c2cc3cccc(O)c3oc2=N)sc(C(=O)N(C)C)c1C. The molecule has 0 aliphatic heterocycles. The summed E-state index contributed by atoms with van der Waals surface area (Å²) in [7, 11) is 4.36. The molecule has 0 fully saturated rings. The highest BCUT2D eigenvalue weighted by atomic mass is 32.1. The molecule has 9 nitrogen and oxygen atoms in total. The summed E-state index contributed by atoms with van der Waals surface area (Å²) in [6.07, 6.45) is 0. The van der Waals surface area contributed by atoms with Crippen LogP contribution in [0.25, 0.3) is 11.0 Å². The van der Waals surface area contributed by atoms with Crippen LogP contribution in [0.3, 0.4) is 0 Å². The maximum absolute atomic E-state index is 12.9. The highest BCUT2D eigenvalue weighted by Gasteiger charge is 2.27. The first kappa shape index (κ1) is 21.1. The molecule has 0 bridgehead atoms. The van der Waals surface area contributed by atoms with Crippen molar-refractivity contribution in [3.05, 3.63) is 51.4 Å². The number of esters is 1. The van der Waals surface area contributed by atoms with E-state index in [-0.39, 0.29) is 38.2 Å². The molecule has 0 aliphatic rings. The van der Waals surface area contributed by atoms with Gasteiger partial charge in [-0.25, -0.2) is 4.79 Å². The van der Waals surface area contributed by atoms with E-state index in [9.17, 15) is 19.5 Å². The van der Waals surface area contributed by atoms with Crippen LogP contribution in [0.15, 0.2) is 28.7 Å². The van der Waals surface area contributed by atoms with E-state index in [1.165, 1.54) is 24.1 Å². The molecule has 1 aromatic carbocycles. The lowest BCUT2D eigenvalue weighted by molar-refractivity contribution is 0.0601. The van der Waals surface area contributed by atoms with Gasteiger partial charge in [0.1, 0.15) is 10.6 Å². The molecule has 10 heteroatoms. The maximum Gasteiger partial charge on any atom is 0.341 e. The van der Waals surface area contributed by atoms with Crippen molar-refractivity contribution in [2.75, 3.05) is 26.5 Å². The maximum atomic E-state index is 12.9. The zero-order chi connectivity index (χ0) is 22.2. The molecule has 3 rings (SSSR count). The number of hydrogen-bond donors (Lipinski definition) is 3. The number of ether oxygens (including phenoxy) is 1. The van der Waals surface area contributed by atoms with E-state index >= 15 is 0 Å². The molecule has 2 amide bonds. The Balaban J connectivity index is 2.07. The number of nitrogens with one attached hydrogen (secondary N) is 2. The van der Waals surface area contributed by atoms with Gasteiger partial charge in [0.05, 0.1) is 17.6 Å². The molecule has 0 aliphatic carbocycles. The van der Waals surface area contributed by atoms with Crippen molar-refractivity contribution in [3.63, 3.8) is 0 Å². The molecular weight excluding hydrogens is 410 g/mol. The fourth-order valence-corrected chi connectivity index (χ4v) is 4.05. The van der Waals surface area contributed by atoms with Gasteiger partial charge < -0.3 is 24.5 Å². The van der Waals surface area contributed by atoms with E-state index < -0.39 is 17.4 Å². The lowest BCUT2D eigenvalue weighted by atomic mass is 10.1. The highest BCUT2D eigenvalue weighted by molar-refractivity contribution is 7.18. The average molecular weight is 429 g/mol. The summed E-state index contributed by atoms with van der Waals surface area (Å²) in [4.78, 5) is 39.2. The summed E-state index contributed by atoms with van der Waals surface area (Å²) in [6.45, 7) is 1.60. The predicted octanol–water partition coefficient (Wildman–Crippen LogP) is 2.73. The number of rotatable bonds is 4. The zero-order valence-electron chi connectivity index (χ0n) is 16.7. The Morgan fingerprint density at radius 2 is 1.97 bits per heavy atom. The van der Waals surface area contributed by atoms with Gasteiger partial charge in [0.2, 0.25) is 5.55 Å². The molecule has 2 aromatic heterocycles. The molecular formula is C20H19N3O6S. The summed E-state index contributed by atoms with van der Waals surface area (Å²) in [5.74, 6) is -1.87. The summed E-state index contributed by atoms with van der Waals surface area (Å²) >= 11 is 0.945. The van der Waals surface area contributed by atoms with Crippen LogP contribution >= 0.6 is 11.3 Å². The summed E-state index contributed by atoms with van der Waals surface area (Å²) in [5.41, 5.74) is -0.0161. The number of phenolic OH excluding ortho intramolecular Hbond substituents is 1. The lowest BCUT2D eigenvalue weighted by Crippen LogP contribution is -2.21. The number of benzene rings is 1. The van der Waals surface area contributed by atoms with Gasteiger partial charge in [0, 0.05) is 19.5 Å². The predicted molar refractivity (Wildman–Crippen MR) is 110 cm³/mol. The van der Waals surface area contributed by atoms with E-state index in [0.717, 1.165) is 11.3 Å². The van der Waals surface area contributed by atoms with Crippen molar-refractivity contribution < 1.29 is 28.6 Å². The van der Waals surface area contributed by atoms with Crippen LogP contribution in [0, 0.1) is 12.3 Å². The van der Waals surface area contributed by atoms with Gasteiger partial charge in [0.15, 0.2) is 11.3 Å². The van der Waals surface area contributed by atoms with E-state index in [1.54, 1.807) is 33.2 Å². The molecule has 3 N–H and O–H groups in total. The monoisotopic (exact) mass is 429 g/mol. The van der Waals surface area contributed by atoms with Gasteiger partial charge in [-0.3, -0.25) is 15.0 Å². The van der Waals surface area contributed by atoms with Crippen LogP contribution < -0.4 is 10.9 Å². The summed E-state index contributed by atoms with van der Waals surface area (Å²) in [5, 5.41) is 21.0. The Morgan fingerprint density at radius 3 is 2.60 bits per heavy atom. The van der Waals surface area contributed by atoms with Crippen LogP contribution in [0.2, 0.25) is 0 Å². The number of methoxy groups -OCH3 is 1. The van der Waals surface area contributed by atoms with Crippen LogP contribution in [-0.4, -0.2) is 49.0 Å². The Kier molecular flexibility index (Phi) is 5.61. The fraction of sp³-hybridized carbons (Fsp3) is 0.200. The number of hydrogen-bond acceptors (Lipinski definition) is 8. The van der Waals surface area contributed by atoms with Gasteiger partial charge in [-0.15, -0.1) is 11.3 Å². The van der Waals surface area contributed by atoms with E-state index in [2.05, 4.69) is 5.32 Å². The minimum absolute atomic E-state index is 0.0722. The minimum Gasteiger partial charge on any atom is -0.504 e. The quantitative estimate of drug-likeness (QED) is 0.546. The van der Waals surface area contributed by atoms with Gasteiger partial charge in [0.25, 0.3) is 11.8 Å². The van der Waals surface area contributed by atoms with Crippen molar-refractivity contribution >= 4 is 45.1 Å². The second-order valence-electron chi connectivity index (χ2n) is 6.59. The molecule has 156 valence electrons. The number of para-hydroxylation sites is 1. The van der Waals surface area contributed by atoms with Gasteiger partial charge in [-0.1, -0.05) is 12.1 Å². The Bertz CT molecular complexity index is 1240. The number of thiophene rings is 1. The molecule has 30 heavy (non-hydrogen) atoms. The Morgan fingerprint density at radius 1 is 1.27 bits per heavy atom. The number of aromatic hydroxyl groups is 1. The molecule has 0 radical (unpaired) electrons. The third kappa shape index (κ3) is 3.64. The van der Waals surface area contributed by atoms with Crippen molar-refractivity contribution in [2.45, 2.75) is 6.92 Å². The number of fused-ring (bicyclic) bond motifs is 1. The first-order valence-electron chi connectivity index (χ1n) is 8.70. The molecule has 0 saturated heterocycles. The standard InChI is InChI=1S/C20H19N3O6S/c1-9-13(20(27)28-4)18(30-15(9)19(26)23(2)3)22-17(25)11-8-10-6-5-7-12(24)14(10)29-16(11)21/h5-8,21,24H,1-4H3,(H,22,25). The van der Waals surface area contributed by atoms with Crippen LogP contribution in [0.1, 0.15) is 36.0 Å². The second-order valence-corrected chi connectivity index (χ2v) is 7.61. The van der Waals surface area contributed by atoms with Crippen molar-refractivity contribution in [2.24, 2.45) is 0 Å². The number of carbonyl (C=O) groups excluding carboxylic acids is 3.